The molecule has 1 amide bonds. The van der Waals surface area contributed by atoms with Gasteiger partial charge >= 0.3 is 6.09 Å². The van der Waals surface area contributed by atoms with Crippen LogP contribution in [0.2, 0.25) is 0 Å². The minimum absolute atomic E-state index is 0.104. The Morgan fingerprint density at radius 1 is 1.32 bits per heavy atom. The molecule has 19 heavy (non-hydrogen) atoms. The summed E-state index contributed by atoms with van der Waals surface area (Å²) in [6.45, 7) is 3.68. The molecule has 1 aromatic carbocycles. The van der Waals surface area contributed by atoms with Gasteiger partial charge in [-0.25, -0.2) is 4.79 Å². The van der Waals surface area contributed by atoms with Crippen molar-refractivity contribution >= 4 is 12.1 Å². The van der Waals surface area contributed by atoms with Gasteiger partial charge in [0.2, 0.25) is 0 Å². The number of carboxylic acid groups (broad SMARTS) is 1. The minimum atomic E-state index is -1.30. The zero-order chi connectivity index (χ0) is 14.3. The van der Waals surface area contributed by atoms with Crippen molar-refractivity contribution in [3.63, 3.8) is 0 Å². The lowest BCUT2D eigenvalue weighted by Crippen LogP contribution is -2.51. The van der Waals surface area contributed by atoms with Crippen LogP contribution in [0.5, 0.6) is 0 Å². The number of aliphatic carboxylic acids is 1. The van der Waals surface area contributed by atoms with Crippen molar-refractivity contribution in [1.82, 2.24) is 5.32 Å². The Bertz CT molecular complexity index is 419. The molecule has 0 fully saturated rings. The van der Waals surface area contributed by atoms with Crippen LogP contribution in [0.1, 0.15) is 25.8 Å². The van der Waals surface area contributed by atoms with E-state index < -0.39 is 18.1 Å². The molecule has 1 aromatic rings. The van der Waals surface area contributed by atoms with E-state index in [1.165, 1.54) is 0 Å². The van der Waals surface area contributed by atoms with Crippen LogP contribution >= 0.6 is 0 Å². The first kappa shape index (κ1) is 15.0. The van der Waals surface area contributed by atoms with E-state index in [2.05, 4.69) is 5.32 Å². The van der Waals surface area contributed by atoms with Crippen LogP contribution in [0.25, 0.3) is 0 Å². The lowest BCUT2D eigenvalue weighted by Gasteiger charge is -2.24. The highest BCUT2D eigenvalue weighted by Gasteiger charge is 2.19. The first-order chi connectivity index (χ1) is 9.04. The van der Waals surface area contributed by atoms with Gasteiger partial charge in [0.25, 0.3) is 0 Å². The number of rotatable bonds is 6. The predicted octanol–water partition coefficient (Wildman–Crippen LogP) is 1.08. The van der Waals surface area contributed by atoms with Crippen LogP contribution in [0, 0.1) is 5.92 Å². The third-order valence-corrected chi connectivity index (χ3v) is 2.95. The van der Waals surface area contributed by atoms with Crippen molar-refractivity contribution in [1.29, 1.82) is 0 Å². The van der Waals surface area contributed by atoms with Crippen molar-refractivity contribution in [2.24, 2.45) is 5.92 Å². The van der Waals surface area contributed by atoms with Crippen molar-refractivity contribution in [2.75, 3.05) is 0 Å². The van der Waals surface area contributed by atoms with Gasteiger partial charge in [0.1, 0.15) is 6.61 Å². The maximum Gasteiger partial charge on any atom is 0.408 e. The fourth-order valence-corrected chi connectivity index (χ4v) is 1.56. The molecule has 0 aliphatic heterocycles. The van der Waals surface area contributed by atoms with E-state index in [1.54, 1.807) is 6.92 Å². The molecule has 104 valence electrons. The number of carbonyl (C=O) groups is 2. The Balaban J connectivity index is 2.47. The average Bonchev–Trinajstić information content (AvgIpc) is 2.42. The van der Waals surface area contributed by atoms with Gasteiger partial charge in [0.15, 0.2) is 0 Å². The number of hydrogen-bond donors (Lipinski definition) is 1. The number of carboxylic acids is 1. The first-order valence-corrected chi connectivity index (χ1v) is 6.22. The molecule has 0 saturated heterocycles. The van der Waals surface area contributed by atoms with Gasteiger partial charge in [0.05, 0.1) is 12.0 Å². The third-order valence-electron chi connectivity index (χ3n) is 2.95. The fourth-order valence-electron chi connectivity index (χ4n) is 1.56. The minimum Gasteiger partial charge on any atom is -0.548 e. The summed E-state index contributed by atoms with van der Waals surface area (Å²) in [6.07, 6.45) is -0.129. The van der Waals surface area contributed by atoms with Gasteiger partial charge in [-0.1, -0.05) is 50.6 Å². The highest BCUT2D eigenvalue weighted by atomic mass is 16.5. The predicted molar refractivity (Wildman–Crippen MR) is 68.0 cm³/mol. The number of amides is 1. The quantitative estimate of drug-likeness (QED) is 0.833. The fraction of sp³-hybridized carbons (Fsp3) is 0.429. The van der Waals surface area contributed by atoms with E-state index in [-0.39, 0.29) is 12.5 Å². The van der Waals surface area contributed by atoms with Crippen molar-refractivity contribution < 1.29 is 19.4 Å². The van der Waals surface area contributed by atoms with Crippen LogP contribution in [-0.4, -0.2) is 18.1 Å². The molecular weight excluding hydrogens is 246 g/mol. The van der Waals surface area contributed by atoms with Crippen molar-refractivity contribution in [2.45, 2.75) is 32.9 Å². The molecule has 5 nitrogen and oxygen atoms in total. The maximum absolute atomic E-state index is 11.5. The van der Waals surface area contributed by atoms with E-state index >= 15 is 0 Å². The van der Waals surface area contributed by atoms with Gasteiger partial charge < -0.3 is 20.0 Å². The zero-order valence-electron chi connectivity index (χ0n) is 11.1. The number of carbonyl (C=O) groups excluding carboxylic acids is 2. The molecule has 0 spiro atoms. The average molecular weight is 264 g/mol. The number of ether oxygens (including phenoxy) is 1. The van der Waals surface area contributed by atoms with Crippen molar-refractivity contribution in [3.05, 3.63) is 35.9 Å². The molecule has 0 saturated carbocycles. The summed E-state index contributed by atoms with van der Waals surface area (Å²) in [4.78, 5) is 22.5. The molecule has 0 heterocycles. The Morgan fingerprint density at radius 3 is 2.47 bits per heavy atom. The smallest absolute Gasteiger partial charge is 0.408 e. The molecule has 0 radical (unpaired) electrons. The van der Waals surface area contributed by atoms with Crippen LogP contribution in [0.4, 0.5) is 4.79 Å². The summed E-state index contributed by atoms with van der Waals surface area (Å²) in [7, 11) is 0. The maximum atomic E-state index is 11.5. The second-order valence-electron chi connectivity index (χ2n) is 4.39. The van der Waals surface area contributed by atoms with Crippen molar-refractivity contribution in [3.8, 4) is 0 Å². The topological polar surface area (TPSA) is 78.5 Å². The summed E-state index contributed by atoms with van der Waals surface area (Å²) >= 11 is 0. The highest BCUT2D eigenvalue weighted by molar-refractivity contribution is 5.78. The molecule has 0 aromatic heterocycles. The molecule has 1 rings (SSSR count). The van der Waals surface area contributed by atoms with Gasteiger partial charge in [-0.15, -0.1) is 0 Å². The molecule has 0 aliphatic rings. The Labute approximate surface area is 112 Å². The zero-order valence-corrected chi connectivity index (χ0v) is 11.1. The number of hydrogen-bond acceptors (Lipinski definition) is 4. The standard InChI is InChI=1S/C14H19NO4/c1-3-10(2)12(13(16)17)15-14(18)19-9-11-7-5-4-6-8-11/h4-8,10,12H,3,9H2,1-2H3,(H,15,18)(H,16,17)/p-1/t10-,12+/m0/s1. The Morgan fingerprint density at radius 2 is 1.95 bits per heavy atom. The summed E-state index contributed by atoms with van der Waals surface area (Å²) in [6, 6.07) is 8.13. The van der Waals surface area contributed by atoms with Gasteiger partial charge in [-0.2, -0.15) is 0 Å². The lowest BCUT2D eigenvalue weighted by atomic mass is 10.00. The number of benzene rings is 1. The van der Waals surface area contributed by atoms with Crippen LogP contribution in [0.15, 0.2) is 30.3 Å². The third kappa shape index (κ3) is 4.99. The molecular formula is C14H18NO4-. The highest BCUT2D eigenvalue weighted by Crippen LogP contribution is 2.08. The Kier molecular flexibility index (Phi) is 5.85. The Hall–Kier alpha value is -2.04. The molecule has 5 heteroatoms. The van der Waals surface area contributed by atoms with Gasteiger partial charge in [-0.05, 0) is 11.5 Å². The van der Waals surface area contributed by atoms with E-state index in [4.69, 9.17) is 4.74 Å². The monoisotopic (exact) mass is 264 g/mol. The van der Waals surface area contributed by atoms with Crippen LogP contribution < -0.4 is 10.4 Å². The van der Waals surface area contributed by atoms with E-state index in [0.29, 0.717) is 6.42 Å². The molecule has 1 N–H and O–H groups in total. The molecule has 0 aliphatic carbocycles. The van der Waals surface area contributed by atoms with Crippen LogP contribution in [-0.2, 0) is 16.1 Å². The van der Waals surface area contributed by atoms with E-state index in [0.717, 1.165) is 5.56 Å². The molecule has 0 bridgehead atoms. The number of nitrogens with one attached hydrogen (secondary N) is 1. The number of alkyl carbamates (subject to hydrolysis) is 1. The largest absolute Gasteiger partial charge is 0.548 e. The van der Waals surface area contributed by atoms with E-state index in [1.807, 2.05) is 37.3 Å². The molecule has 0 unspecified atom stereocenters. The molecule has 2 atom stereocenters. The van der Waals surface area contributed by atoms with Gasteiger partial charge in [-0.3, -0.25) is 0 Å². The second-order valence-corrected chi connectivity index (χ2v) is 4.39. The first-order valence-electron chi connectivity index (χ1n) is 6.22. The SMILES string of the molecule is CC[C@H](C)[C@@H](NC(=O)OCc1ccccc1)C(=O)[O-]. The van der Waals surface area contributed by atoms with E-state index in [9.17, 15) is 14.7 Å². The lowest BCUT2D eigenvalue weighted by molar-refractivity contribution is -0.309. The van der Waals surface area contributed by atoms with Crippen LogP contribution in [0.3, 0.4) is 0 Å². The normalized spacial score (nSPS) is 13.4. The summed E-state index contributed by atoms with van der Waals surface area (Å²) in [5.41, 5.74) is 0.839. The summed E-state index contributed by atoms with van der Waals surface area (Å²) in [5.74, 6) is -1.51. The summed E-state index contributed by atoms with van der Waals surface area (Å²) < 4.78 is 4.96. The van der Waals surface area contributed by atoms with Gasteiger partial charge in [0, 0.05) is 0 Å². The summed E-state index contributed by atoms with van der Waals surface area (Å²) in [5, 5.41) is 13.2. The second kappa shape index (κ2) is 7.41.